The second kappa shape index (κ2) is 10.5. The minimum atomic E-state index is -0.194. The molecule has 0 radical (unpaired) electrons. The zero-order valence-corrected chi connectivity index (χ0v) is 24.2. The van der Waals surface area contributed by atoms with E-state index >= 15 is 0 Å². The second-order valence-electron chi connectivity index (χ2n) is 12.2. The van der Waals surface area contributed by atoms with Crippen LogP contribution in [0.4, 0.5) is 0 Å². The highest BCUT2D eigenvalue weighted by Crippen LogP contribution is 2.52. The van der Waals surface area contributed by atoms with Crippen LogP contribution in [0.3, 0.4) is 0 Å². The number of nitrogens with zero attached hydrogens (tertiary/aromatic N) is 4. The molecule has 2 aromatic carbocycles. The summed E-state index contributed by atoms with van der Waals surface area (Å²) in [7, 11) is 0. The Kier molecular flexibility index (Phi) is 6.99. The Morgan fingerprint density at radius 3 is 2.46 bits per heavy atom. The fourth-order valence-electron chi connectivity index (χ4n) is 8.18. The third-order valence-electron chi connectivity index (χ3n) is 10.3. The Labute approximate surface area is 241 Å². The number of rotatable bonds is 4. The molecule has 1 saturated carbocycles. The number of halogens is 2. The molecule has 5 nitrogen and oxygen atoms in total. The van der Waals surface area contributed by atoms with Crippen molar-refractivity contribution < 1.29 is 0 Å². The second-order valence-corrected chi connectivity index (χ2v) is 13.0. The summed E-state index contributed by atoms with van der Waals surface area (Å²) < 4.78 is 2.29. The van der Waals surface area contributed by atoms with Crippen LogP contribution in [0.1, 0.15) is 80.7 Å². The van der Waals surface area contributed by atoms with Gasteiger partial charge in [0.15, 0.2) is 0 Å². The number of fused-ring (bicyclic) bond motifs is 7. The minimum absolute atomic E-state index is 0.163. The summed E-state index contributed by atoms with van der Waals surface area (Å²) >= 11 is 12.5. The van der Waals surface area contributed by atoms with Gasteiger partial charge in [0, 0.05) is 18.5 Å². The maximum Gasteiger partial charge on any atom is 0.282 e. The molecule has 7 heteroatoms. The summed E-state index contributed by atoms with van der Waals surface area (Å²) in [5.41, 5.74) is 4.54. The van der Waals surface area contributed by atoms with E-state index in [9.17, 15) is 4.79 Å². The van der Waals surface area contributed by atoms with Gasteiger partial charge in [-0.25, -0.2) is 0 Å². The molecule has 206 valence electrons. The largest absolute Gasteiger partial charge is 0.302 e. The molecule has 2 saturated heterocycles. The molecule has 1 aromatic heterocycles. The number of aromatic nitrogens is 2. The summed E-state index contributed by atoms with van der Waals surface area (Å²) in [6.45, 7) is 5.73. The first kappa shape index (κ1) is 26.0. The molecular weight excluding hydrogens is 527 g/mol. The van der Waals surface area contributed by atoms with E-state index < -0.39 is 0 Å². The van der Waals surface area contributed by atoms with Crippen LogP contribution in [0.2, 0.25) is 5.02 Å². The van der Waals surface area contributed by atoms with Gasteiger partial charge in [-0.15, -0.1) is 11.6 Å². The van der Waals surface area contributed by atoms with Crippen LogP contribution in [0, 0.1) is 0 Å². The van der Waals surface area contributed by atoms with Crippen LogP contribution >= 0.6 is 23.2 Å². The topological polar surface area (TPSA) is 41.4 Å². The monoisotopic (exact) mass is 564 g/mol. The summed E-state index contributed by atoms with van der Waals surface area (Å²) in [4.78, 5) is 23.3. The average molecular weight is 566 g/mol. The van der Waals surface area contributed by atoms with Gasteiger partial charge >= 0.3 is 0 Å². The molecule has 0 bridgehead atoms. The molecule has 39 heavy (non-hydrogen) atoms. The molecule has 0 unspecified atom stereocenters. The Morgan fingerprint density at radius 2 is 1.72 bits per heavy atom. The van der Waals surface area contributed by atoms with Gasteiger partial charge in [0.25, 0.3) is 5.56 Å². The van der Waals surface area contributed by atoms with E-state index in [-0.39, 0.29) is 11.0 Å². The SMILES string of the molecule is O=c1nc2n(c3cccc(Cl)c13)-c1cc(C3CCN(C4CCN(CCCl)CC4)CC3)ccc1C21CCCCC1. The first-order valence-corrected chi connectivity index (χ1v) is 15.9. The zero-order chi connectivity index (χ0) is 26.6. The van der Waals surface area contributed by atoms with Gasteiger partial charge in [-0.1, -0.05) is 49.1 Å². The Balaban J connectivity index is 1.20. The number of hydrogen-bond donors (Lipinski definition) is 0. The van der Waals surface area contributed by atoms with Crippen molar-refractivity contribution in [3.63, 3.8) is 0 Å². The maximum atomic E-state index is 13.2. The molecule has 0 atom stereocenters. The van der Waals surface area contributed by atoms with Gasteiger partial charge in [-0.3, -0.25) is 9.36 Å². The lowest BCUT2D eigenvalue weighted by molar-refractivity contribution is 0.0897. The van der Waals surface area contributed by atoms with Crippen molar-refractivity contribution in [2.75, 3.05) is 38.6 Å². The van der Waals surface area contributed by atoms with Gasteiger partial charge in [0.05, 0.1) is 27.0 Å². The number of piperidine rings is 2. The molecular formula is C32H38Cl2N4O. The molecule has 4 aliphatic rings. The van der Waals surface area contributed by atoms with Crippen molar-refractivity contribution >= 4 is 34.1 Å². The first-order chi connectivity index (χ1) is 19.1. The molecule has 3 aromatic rings. The normalized spacial score (nSPS) is 22.4. The van der Waals surface area contributed by atoms with Gasteiger partial charge in [0.2, 0.25) is 0 Å². The van der Waals surface area contributed by atoms with E-state index in [4.69, 9.17) is 28.2 Å². The fraction of sp³-hybridized carbons (Fsp3) is 0.562. The van der Waals surface area contributed by atoms with Crippen LogP contribution in [0.15, 0.2) is 41.2 Å². The predicted molar refractivity (Wildman–Crippen MR) is 160 cm³/mol. The van der Waals surface area contributed by atoms with Gasteiger partial charge in [-0.2, -0.15) is 4.98 Å². The van der Waals surface area contributed by atoms with Crippen LogP contribution in [-0.4, -0.2) is 64.0 Å². The van der Waals surface area contributed by atoms with Crippen molar-refractivity contribution in [3.05, 3.63) is 68.7 Å². The highest BCUT2D eigenvalue weighted by atomic mass is 35.5. The number of hydrogen-bond acceptors (Lipinski definition) is 4. The molecule has 0 N–H and O–H groups in total. The van der Waals surface area contributed by atoms with Crippen molar-refractivity contribution in [1.29, 1.82) is 0 Å². The summed E-state index contributed by atoms with van der Waals surface area (Å²) in [5, 5.41) is 1.03. The molecule has 1 aliphatic carbocycles. The molecule has 7 rings (SSSR count). The van der Waals surface area contributed by atoms with Crippen LogP contribution in [-0.2, 0) is 5.41 Å². The molecule has 3 fully saturated rings. The smallest absolute Gasteiger partial charge is 0.282 e. The van der Waals surface area contributed by atoms with Crippen molar-refractivity contribution in [3.8, 4) is 5.69 Å². The van der Waals surface area contributed by atoms with Gasteiger partial charge < -0.3 is 9.80 Å². The number of benzene rings is 2. The van der Waals surface area contributed by atoms with Gasteiger partial charge in [0.1, 0.15) is 5.82 Å². The highest BCUT2D eigenvalue weighted by molar-refractivity contribution is 6.35. The third-order valence-corrected chi connectivity index (χ3v) is 10.7. The fourth-order valence-corrected chi connectivity index (χ4v) is 8.67. The minimum Gasteiger partial charge on any atom is -0.302 e. The van der Waals surface area contributed by atoms with Crippen LogP contribution in [0.5, 0.6) is 0 Å². The lowest BCUT2D eigenvalue weighted by Gasteiger charge is -2.42. The third kappa shape index (κ3) is 4.36. The van der Waals surface area contributed by atoms with E-state index in [1.807, 2.05) is 12.1 Å². The summed E-state index contributed by atoms with van der Waals surface area (Å²) in [6.07, 6.45) is 10.6. The van der Waals surface area contributed by atoms with Crippen molar-refractivity contribution in [2.45, 2.75) is 75.2 Å². The molecule has 4 heterocycles. The van der Waals surface area contributed by atoms with E-state index in [2.05, 4.69) is 32.6 Å². The summed E-state index contributed by atoms with van der Waals surface area (Å²) in [5.74, 6) is 2.23. The molecule has 1 spiro atoms. The lowest BCUT2D eigenvalue weighted by Crippen LogP contribution is -2.47. The Hall–Kier alpha value is -1.92. The van der Waals surface area contributed by atoms with E-state index in [0.717, 1.165) is 42.6 Å². The lowest BCUT2D eigenvalue weighted by atomic mass is 9.69. The predicted octanol–water partition coefficient (Wildman–Crippen LogP) is 6.49. The van der Waals surface area contributed by atoms with Crippen LogP contribution in [0.25, 0.3) is 16.6 Å². The van der Waals surface area contributed by atoms with Crippen molar-refractivity contribution in [1.82, 2.24) is 19.4 Å². The van der Waals surface area contributed by atoms with Gasteiger partial charge in [-0.05, 0) is 99.9 Å². The van der Waals surface area contributed by atoms with E-state index in [1.165, 1.54) is 87.9 Å². The quantitative estimate of drug-likeness (QED) is 0.340. The Bertz CT molecular complexity index is 1430. The molecule has 3 aliphatic heterocycles. The zero-order valence-electron chi connectivity index (χ0n) is 22.7. The van der Waals surface area contributed by atoms with E-state index in [0.29, 0.717) is 16.3 Å². The van der Waals surface area contributed by atoms with E-state index in [1.54, 1.807) is 6.07 Å². The number of alkyl halides is 1. The number of likely N-dealkylation sites (tertiary alicyclic amines) is 2. The molecule has 0 amide bonds. The summed E-state index contributed by atoms with van der Waals surface area (Å²) in [6, 6.07) is 13.7. The highest BCUT2D eigenvalue weighted by Gasteiger charge is 2.46. The average Bonchev–Trinajstić information content (AvgIpc) is 3.22. The standard InChI is InChI=1S/C32H38Cl2N4O/c33-15-20-36-16-11-24(12-17-36)37-18-9-22(10-19-37)23-7-8-25-28(21-23)38-27-6-4-5-26(34)29(27)30(39)35-31(38)32(25)13-2-1-3-14-32/h4-8,21-22,24H,1-3,9-20H2. The van der Waals surface area contributed by atoms with Crippen molar-refractivity contribution in [2.24, 2.45) is 0 Å². The van der Waals surface area contributed by atoms with Crippen LogP contribution < -0.4 is 5.56 Å². The maximum absolute atomic E-state index is 13.2. The first-order valence-electron chi connectivity index (χ1n) is 15.0. The Morgan fingerprint density at radius 1 is 0.949 bits per heavy atom.